The number of nitrogens with two attached hydrogens (primary N) is 1. The Bertz CT molecular complexity index is 103. The Morgan fingerprint density at radius 1 is 1.56 bits per heavy atom. The van der Waals surface area contributed by atoms with Crippen molar-refractivity contribution in [2.75, 3.05) is 14.2 Å². The van der Waals surface area contributed by atoms with E-state index < -0.39 is 0 Å². The Labute approximate surface area is 54.6 Å². The summed E-state index contributed by atoms with van der Waals surface area (Å²) >= 11 is 0. The van der Waals surface area contributed by atoms with Crippen LogP contribution in [0, 0.1) is 0 Å². The Kier molecular flexibility index (Phi) is 3.79. The minimum absolute atomic E-state index is 0.176. The second-order valence-electron chi connectivity index (χ2n) is 1.58. The van der Waals surface area contributed by atoms with E-state index in [1.54, 1.807) is 14.0 Å². The van der Waals surface area contributed by atoms with Crippen LogP contribution >= 0.6 is 0 Å². The van der Waals surface area contributed by atoms with Gasteiger partial charge in [0.2, 0.25) is 0 Å². The van der Waals surface area contributed by atoms with Crippen LogP contribution in [0.5, 0.6) is 0 Å². The molecule has 0 aromatic heterocycles. The van der Waals surface area contributed by atoms with Crippen LogP contribution in [0.15, 0.2) is 5.16 Å². The minimum Gasteiger partial charge on any atom is -0.398 e. The fraction of sp³-hybridized carbons (Fsp3) is 0.800. The third kappa shape index (κ3) is 2.92. The summed E-state index contributed by atoms with van der Waals surface area (Å²) in [5.41, 5.74) is 5.34. The minimum atomic E-state index is -0.176. The maximum atomic E-state index is 5.34. The second-order valence-corrected chi connectivity index (χ2v) is 1.58. The smallest absolute Gasteiger partial charge is 0.168 e. The summed E-state index contributed by atoms with van der Waals surface area (Å²) in [5.74, 6) is 0.347. The van der Waals surface area contributed by atoms with Crippen molar-refractivity contribution >= 4 is 5.84 Å². The quantitative estimate of drug-likeness (QED) is 0.332. The molecule has 0 aliphatic carbocycles. The van der Waals surface area contributed by atoms with E-state index in [0.717, 1.165) is 0 Å². The number of methoxy groups -OCH3 is 1. The zero-order valence-electron chi connectivity index (χ0n) is 5.92. The fourth-order valence-corrected chi connectivity index (χ4v) is 0.300. The molecule has 0 aromatic rings. The molecule has 0 rings (SSSR count). The number of rotatable bonds is 3. The van der Waals surface area contributed by atoms with Crippen LogP contribution < -0.4 is 5.73 Å². The van der Waals surface area contributed by atoms with Crippen molar-refractivity contribution in [2.45, 2.75) is 13.0 Å². The van der Waals surface area contributed by atoms with Gasteiger partial charge in [-0.15, -0.1) is 0 Å². The highest BCUT2D eigenvalue weighted by Crippen LogP contribution is 1.86. The zero-order valence-corrected chi connectivity index (χ0v) is 5.92. The number of ether oxygens (including phenoxy) is 1. The van der Waals surface area contributed by atoms with Crippen LogP contribution in [0.4, 0.5) is 0 Å². The Morgan fingerprint density at radius 2 is 2.11 bits per heavy atom. The molecule has 4 nitrogen and oxygen atoms in total. The maximum absolute atomic E-state index is 5.34. The molecule has 0 saturated carbocycles. The molecule has 0 aliphatic heterocycles. The van der Waals surface area contributed by atoms with Crippen molar-refractivity contribution in [3.8, 4) is 0 Å². The van der Waals surface area contributed by atoms with Crippen LogP contribution in [0.25, 0.3) is 0 Å². The van der Waals surface area contributed by atoms with Gasteiger partial charge in [-0.05, 0) is 6.92 Å². The number of oxime groups is 1. The van der Waals surface area contributed by atoms with E-state index in [2.05, 4.69) is 9.99 Å². The van der Waals surface area contributed by atoms with Gasteiger partial charge in [0, 0.05) is 7.11 Å². The summed E-state index contributed by atoms with van der Waals surface area (Å²) in [6.07, 6.45) is -0.176. The molecule has 1 unspecified atom stereocenters. The maximum Gasteiger partial charge on any atom is 0.168 e. The highest BCUT2D eigenvalue weighted by molar-refractivity contribution is 5.83. The molecule has 0 amide bonds. The van der Waals surface area contributed by atoms with E-state index in [-0.39, 0.29) is 6.10 Å². The first-order chi connectivity index (χ1) is 4.22. The van der Waals surface area contributed by atoms with Gasteiger partial charge in [-0.25, -0.2) is 0 Å². The zero-order chi connectivity index (χ0) is 7.28. The largest absolute Gasteiger partial charge is 0.398 e. The van der Waals surface area contributed by atoms with E-state index >= 15 is 0 Å². The van der Waals surface area contributed by atoms with E-state index in [9.17, 15) is 0 Å². The van der Waals surface area contributed by atoms with Crippen molar-refractivity contribution in [1.29, 1.82) is 0 Å². The fourth-order valence-electron chi connectivity index (χ4n) is 0.300. The van der Waals surface area contributed by atoms with Crippen LogP contribution in [0.2, 0.25) is 0 Å². The SMILES string of the molecule is CO/N=C(\N)C(C)OC. The van der Waals surface area contributed by atoms with Crippen molar-refractivity contribution in [2.24, 2.45) is 10.9 Å². The van der Waals surface area contributed by atoms with Gasteiger partial charge in [0.15, 0.2) is 5.84 Å². The number of nitrogens with zero attached hydrogens (tertiary/aromatic N) is 1. The molecule has 0 aromatic carbocycles. The normalized spacial score (nSPS) is 15.2. The third-order valence-electron chi connectivity index (χ3n) is 0.967. The standard InChI is InChI=1S/C5H12N2O2/c1-4(8-2)5(6)7-9-3/h4H,1-3H3,(H2,6,7). The molecule has 1 atom stereocenters. The van der Waals surface area contributed by atoms with E-state index in [4.69, 9.17) is 10.5 Å². The summed E-state index contributed by atoms with van der Waals surface area (Å²) in [4.78, 5) is 4.41. The number of hydrogen-bond acceptors (Lipinski definition) is 3. The molecular formula is C5H12N2O2. The van der Waals surface area contributed by atoms with Gasteiger partial charge in [0.1, 0.15) is 13.2 Å². The second kappa shape index (κ2) is 4.14. The summed E-state index contributed by atoms with van der Waals surface area (Å²) in [6.45, 7) is 1.79. The molecule has 4 heteroatoms. The van der Waals surface area contributed by atoms with Gasteiger partial charge in [-0.1, -0.05) is 5.16 Å². The first kappa shape index (κ1) is 8.23. The predicted molar refractivity (Wildman–Crippen MR) is 35.1 cm³/mol. The molecule has 0 fully saturated rings. The van der Waals surface area contributed by atoms with Crippen molar-refractivity contribution in [3.63, 3.8) is 0 Å². The monoisotopic (exact) mass is 132 g/mol. The summed E-state index contributed by atoms with van der Waals surface area (Å²) in [7, 11) is 3.00. The average molecular weight is 132 g/mol. The van der Waals surface area contributed by atoms with Crippen LogP contribution in [0.1, 0.15) is 6.92 Å². The lowest BCUT2D eigenvalue weighted by Gasteiger charge is -2.05. The van der Waals surface area contributed by atoms with Gasteiger partial charge in [0.25, 0.3) is 0 Å². The lowest BCUT2D eigenvalue weighted by Crippen LogP contribution is -2.27. The van der Waals surface area contributed by atoms with Crippen LogP contribution in [-0.4, -0.2) is 26.2 Å². The summed E-state index contributed by atoms with van der Waals surface area (Å²) < 4.78 is 4.83. The molecule has 54 valence electrons. The Hall–Kier alpha value is -0.770. The first-order valence-electron chi connectivity index (χ1n) is 2.61. The first-order valence-corrected chi connectivity index (χ1v) is 2.61. The Morgan fingerprint density at radius 3 is 2.44 bits per heavy atom. The van der Waals surface area contributed by atoms with Gasteiger partial charge in [-0.3, -0.25) is 0 Å². The molecule has 0 heterocycles. The van der Waals surface area contributed by atoms with Crippen molar-refractivity contribution in [1.82, 2.24) is 0 Å². The lowest BCUT2D eigenvalue weighted by molar-refractivity contribution is 0.157. The van der Waals surface area contributed by atoms with E-state index in [1.165, 1.54) is 7.11 Å². The molecule has 0 radical (unpaired) electrons. The average Bonchev–Trinajstić information content (AvgIpc) is 1.87. The van der Waals surface area contributed by atoms with Gasteiger partial charge in [-0.2, -0.15) is 0 Å². The number of hydrogen-bond donors (Lipinski definition) is 1. The molecule has 9 heavy (non-hydrogen) atoms. The van der Waals surface area contributed by atoms with Gasteiger partial charge >= 0.3 is 0 Å². The van der Waals surface area contributed by atoms with E-state index in [1.807, 2.05) is 0 Å². The molecular weight excluding hydrogens is 120 g/mol. The highest BCUT2D eigenvalue weighted by atomic mass is 16.6. The topological polar surface area (TPSA) is 56.8 Å². The Balaban J connectivity index is 3.70. The van der Waals surface area contributed by atoms with Crippen LogP contribution in [-0.2, 0) is 9.57 Å². The molecule has 0 bridgehead atoms. The summed E-state index contributed by atoms with van der Waals surface area (Å²) in [5, 5.41) is 3.46. The van der Waals surface area contributed by atoms with Crippen molar-refractivity contribution < 1.29 is 9.57 Å². The highest BCUT2D eigenvalue weighted by Gasteiger charge is 2.03. The molecule has 0 spiro atoms. The molecule has 2 N–H and O–H groups in total. The molecule has 0 aliphatic rings. The van der Waals surface area contributed by atoms with Gasteiger partial charge < -0.3 is 15.3 Å². The lowest BCUT2D eigenvalue weighted by atomic mass is 10.4. The van der Waals surface area contributed by atoms with Crippen LogP contribution in [0.3, 0.4) is 0 Å². The summed E-state index contributed by atoms with van der Waals surface area (Å²) in [6, 6.07) is 0. The van der Waals surface area contributed by atoms with Gasteiger partial charge in [0.05, 0.1) is 0 Å². The number of amidine groups is 1. The predicted octanol–water partition coefficient (Wildman–Crippen LogP) is -0.0601. The third-order valence-corrected chi connectivity index (χ3v) is 0.967. The van der Waals surface area contributed by atoms with Crippen molar-refractivity contribution in [3.05, 3.63) is 0 Å². The molecule has 0 saturated heterocycles. The van der Waals surface area contributed by atoms with E-state index in [0.29, 0.717) is 5.84 Å².